The minimum absolute atomic E-state index is 0.338. The molecule has 3 heteroatoms. The maximum Gasteiger partial charge on any atom is 0.0570 e. The predicted molar refractivity (Wildman–Crippen MR) is 66.3 cm³/mol. The lowest BCUT2D eigenvalue weighted by Crippen LogP contribution is -2.42. The number of hydrogen-bond donors (Lipinski definition) is 2. The maximum atomic E-state index is 4.36. The van der Waals surface area contributed by atoms with E-state index in [0.717, 1.165) is 12.2 Å². The van der Waals surface area contributed by atoms with Crippen molar-refractivity contribution in [1.29, 1.82) is 0 Å². The monoisotopic (exact) mass is 219 g/mol. The Morgan fingerprint density at radius 3 is 3.12 bits per heavy atom. The van der Waals surface area contributed by atoms with Crippen LogP contribution in [0.1, 0.15) is 37.9 Å². The summed E-state index contributed by atoms with van der Waals surface area (Å²) in [5.41, 5.74) is 1.12. The Labute approximate surface area is 97.7 Å². The van der Waals surface area contributed by atoms with Gasteiger partial charge in [-0.25, -0.2) is 0 Å². The topological polar surface area (TPSA) is 37.0 Å². The summed E-state index contributed by atoms with van der Waals surface area (Å²) in [6, 6.07) is 7.05. The van der Waals surface area contributed by atoms with Gasteiger partial charge < -0.3 is 10.6 Å². The molecule has 2 atom stereocenters. The molecule has 1 aromatic rings. The molecule has 1 aliphatic rings. The molecule has 1 saturated heterocycles. The molecule has 0 unspecified atom stereocenters. The van der Waals surface area contributed by atoms with Gasteiger partial charge in [-0.15, -0.1) is 0 Å². The molecule has 0 radical (unpaired) electrons. The molecule has 1 fully saturated rings. The molecule has 0 spiro atoms. The van der Waals surface area contributed by atoms with Crippen molar-refractivity contribution in [3.63, 3.8) is 0 Å². The summed E-state index contributed by atoms with van der Waals surface area (Å²) in [5, 5.41) is 7.09. The Hall–Kier alpha value is -0.930. The Balaban J connectivity index is 1.77. The van der Waals surface area contributed by atoms with Crippen molar-refractivity contribution in [2.75, 3.05) is 13.1 Å². The molecule has 0 aliphatic carbocycles. The van der Waals surface area contributed by atoms with Crippen LogP contribution in [0.25, 0.3) is 0 Å². The fraction of sp³-hybridized carbons (Fsp3) is 0.615. The van der Waals surface area contributed by atoms with Crippen molar-refractivity contribution in [2.24, 2.45) is 0 Å². The Bertz CT molecular complexity index is 293. The molecule has 0 aromatic carbocycles. The first kappa shape index (κ1) is 11.6. The largest absolute Gasteiger partial charge is 0.313 e. The zero-order chi connectivity index (χ0) is 11.2. The summed E-state index contributed by atoms with van der Waals surface area (Å²) in [6.45, 7) is 4.38. The highest BCUT2D eigenvalue weighted by molar-refractivity contribution is 5.07. The fourth-order valence-corrected chi connectivity index (χ4v) is 2.15. The number of nitrogens with one attached hydrogen (secondary N) is 2. The first-order valence-electron chi connectivity index (χ1n) is 6.24. The van der Waals surface area contributed by atoms with E-state index in [2.05, 4.69) is 28.6 Å². The number of piperidine rings is 1. The lowest BCUT2D eigenvalue weighted by molar-refractivity contribution is 0.370. The molecule has 1 aliphatic heterocycles. The van der Waals surface area contributed by atoms with E-state index in [1.807, 2.05) is 18.3 Å². The maximum absolute atomic E-state index is 4.36. The first-order valence-corrected chi connectivity index (χ1v) is 6.24. The van der Waals surface area contributed by atoms with Crippen LogP contribution in [0, 0.1) is 0 Å². The highest BCUT2D eigenvalue weighted by atomic mass is 15.0. The molecular formula is C13H21N3. The second-order valence-electron chi connectivity index (χ2n) is 4.53. The lowest BCUT2D eigenvalue weighted by atomic mass is 10.0. The van der Waals surface area contributed by atoms with E-state index in [1.165, 1.54) is 25.8 Å². The van der Waals surface area contributed by atoms with Gasteiger partial charge in [0.1, 0.15) is 0 Å². The summed E-state index contributed by atoms with van der Waals surface area (Å²) < 4.78 is 0. The van der Waals surface area contributed by atoms with Crippen LogP contribution in [0.5, 0.6) is 0 Å². The van der Waals surface area contributed by atoms with Crippen LogP contribution in [0.3, 0.4) is 0 Å². The number of pyridine rings is 1. The number of aromatic nitrogens is 1. The van der Waals surface area contributed by atoms with Crippen LogP contribution >= 0.6 is 0 Å². The summed E-state index contributed by atoms with van der Waals surface area (Å²) >= 11 is 0. The third kappa shape index (κ3) is 3.29. The third-order valence-corrected chi connectivity index (χ3v) is 3.21. The van der Waals surface area contributed by atoms with Gasteiger partial charge in [-0.05, 0) is 38.4 Å². The molecule has 88 valence electrons. The molecule has 2 heterocycles. The van der Waals surface area contributed by atoms with Gasteiger partial charge in [-0.1, -0.05) is 12.5 Å². The number of rotatable bonds is 4. The molecule has 0 bridgehead atoms. The zero-order valence-electron chi connectivity index (χ0n) is 9.95. The first-order chi connectivity index (χ1) is 7.86. The van der Waals surface area contributed by atoms with E-state index < -0.39 is 0 Å². The summed E-state index contributed by atoms with van der Waals surface area (Å²) in [6.07, 6.45) is 5.83. The molecule has 2 N–H and O–H groups in total. The molecule has 2 rings (SSSR count). The zero-order valence-corrected chi connectivity index (χ0v) is 9.95. The van der Waals surface area contributed by atoms with Gasteiger partial charge in [-0.3, -0.25) is 4.98 Å². The second-order valence-corrected chi connectivity index (χ2v) is 4.53. The van der Waals surface area contributed by atoms with Crippen molar-refractivity contribution >= 4 is 0 Å². The van der Waals surface area contributed by atoms with Gasteiger partial charge in [0.15, 0.2) is 0 Å². The Morgan fingerprint density at radius 2 is 2.44 bits per heavy atom. The normalized spacial score (nSPS) is 22.9. The van der Waals surface area contributed by atoms with Gasteiger partial charge in [0.05, 0.1) is 5.69 Å². The van der Waals surface area contributed by atoms with E-state index >= 15 is 0 Å². The quantitative estimate of drug-likeness (QED) is 0.812. The Morgan fingerprint density at radius 1 is 1.50 bits per heavy atom. The molecule has 0 saturated carbocycles. The SMILES string of the molecule is C[C@@H](NC[C@@H]1CCCCN1)c1ccccn1. The standard InChI is InChI=1S/C13H21N3/c1-11(13-7-3-5-9-15-13)16-10-12-6-2-4-8-14-12/h3,5,7,9,11-12,14,16H,2,4,6,8,10H2,1H3/t11-,12+/m1/s1. The van der Waals surface area contributed by atoms with Gasteiger partial charge in [0, 0.05) is 24.8 Å². The van der Waals surface area contributed by atoms with Gasteiger partial charge in [0.25, 0.3) is 0 Å². The van der Waals surface area contributed by atoms with Gasteiger partial charge >= 0.3 is 0 Å². The predicted octanol–water partition coefficient (Wildman–Crippen LogP) is 1.87. The van der Waals surface area contributed by atoms with E-state index in [0.29, 0.717) is 12.1 Å². The smallest absolute Gasteiger partial charge is 0.0570 e. The van der Waals surface area contributed by atoms with Crippen LogP contribution in [-0.2, 0) is 0 Å². The summed E-state index contributed by atoms with van der Waals surface area (Å²) in [5.74, 6) is 0. The third-order valence-electron chi connectivity index (χ3n) is 3.21. The highest BCUT2D eigenvalue weighted by Gasteiger charge is 2.13. The van der Waals surface area contributed by atoms with Crippen LogP contribution < -0.4 is 10.6 Å². The highest BCUT2D eigenvalue weighted by Crippen LogP contribution is 2.10. The van der Waals surface area contributed by atoms with Crippen molar-refractivity contribution in [3.8, 4) is 0 Å². The molecule has 3 nitrogen and oxygen atoms in total. The second kappa shape index (κ2) is 5.97. The minimum Gasteiger partial charge on any atom is -0.313 e. The van der Waals surface area contributed by atoms with Crippen molar-refractivity contribution in [3.05, 3.63) is 30.1 Å². The van der Waals surface area contributed by atoms with E-state index in [-0.39, 0.29) is 0 Å². The molecule has 1 aromatic heterocycles. The average molecular weight is 219 g/mol. The van der Waals surface area contributed by atoms with Crippen LogP contribution in [0.2, 0.25) is 0 Å². The average Bonchev–Trinajstić information content (AvgIpc) is 2.38. The molecule has 0 amide bonds. The number of nitrogens with zero attached hydrogens (tertiary/aromatic N) is 1. The van der Waals surface area contributed by atoms with Crippen molar-refractivity contribution in [2.45, 2.75) is 38.3 Å². The van der Waals surface area contributed by atoms with Crippen LogP contribution in [0.4, 0.5) is 0 Å². The summed E-state index contributed by atoms with van der Waals surface area (Å²) in [4.78, 5) is 4.36. The Kier molecular flexibility index (Phi) is 4.31. The van der Waals surface area contributed by atoms with E-state index in [4.69, 9.17) is 0 Å². The van der Waals surface area contributed by atoms with Gasteiger partial charge in [0.2, 0.25) is 0 Å². The van der Waals surface area contributed by atoms with Crippen LogP contribution in [-0.4, -0.2) is 24.1 Å². The molecular weight excluding hydrogens is 198 g/mol. The lowest BCUT2D eigenvalue weighted by Gasteiger charge is -2.25. The van der Waals surface area contributed by atoms with Gasteiger partial charge in [-0.2, -0.15) is 0 Å². The molecule has 16 heavy (non-hydrogen) atoms. The van der Waals surface area contributed by atoms with E-state index in [1.54, 1.807) is 0 Å². The van der Waals surface area contributed by atoms with Crippen molar-refractivity contribution < 1.29 is 0 Å². The van der Waals surface area contributed by atoms with Crippen molar-refractivity contribution in [1.82, 2.24) is 15.6 Å². The fourth-order valence-electron chi connectivity index (χ4n) is 2.15. The minimum atomic E-state index is 0.338. The summed E-state index contributed by atoms with van der Waals surface area (Å²) in [7, 11) is 0. The van der Waals surface area contributed by atoms with Crippen LogP contribution in [0.15, 0.2) is 24.4 Å². The number of hydrogen-bond acceptors (Lipinski definition) is 3. The van der Waals surface area contributed by atoms with E-state index in [9.17, 15) is 0 Å².